The Balaban J connectivity index is 1.81. The summed E-state index contributed by atoms with van der Waals surface area (Å²) in [5.74, 6) is -1.84. The minimum Gasteiger partial charge on any atom is -0.482 e. The number of benzene rings is 3. The highest BCUT2D eigenvalue weighted by Gasteiger charge is 2.14. The normalized spacial score (nSPS) is 10.6. The highest BCUT2D eigenvalue weighted by Crippen LogP contribution is 2.33. The number of carboxylic acids is 1. The average molecular weight is 463 g/mol. The van der Waals surface area contributed by atoms with Gasteiger partial charge in [0.25, 0.3) is 0 Å². The zero-order valence-electron chi connectivity index (χ0n) is 16.3. The van der Waals surface area contributed by atoms with Gasteiger partial charge in [0, 0.05) is 16.5 Å². The number of aromatic carboxylic acids is 1. The molecule has 0 aromatic heterocycles. The van der Waals surface area contributed by atoms with E-state index in [9.17, 15) is 19.1 Å². The smallest absolute Gasteiger partial charge is 0.343 e. The van der Waals surface area contributed by atoms with Gasteiger partial charge in [0.2, 0.25) is 0 Å². The van der Waals surface area contributed by atoms with E-state index >= 15 is 0 Å². The fourth-order valence-electron chi connectivity index (χ4n) is 2.98. The second-order valence-electron chi connectivity index (χ2n) is 6.60. The van der Waals surface area contributed by atoms with Crippen LogP contribution in [-0.4, -0.2) is 30.8 Å². The van der Waals surface area contributed by atoms with Gasteiger partial charge in [-0.1, -0.05) is 47.5 Å². The number of carbonyl (C=O) groups is 2. The van der Waals surface area contributed by atoms with E-state index in [1.807, 2.05) is 0 Å². The van der Waals surface area contributed by atoms with Crippen LogP contribution in [0.1, 0.15) is 21.5 Å². The van der Waals surface area contributed by atoms with Gasteiger partial charge in [-0.25, -0.2) is 14.0 Å². The minimum absolute atomic E-state index is 0.0165. The summed E-state index contributed by atoms with van der Waals surface area (Å²) >= 11 is 12.7. The number of carboxylic acid groups (broad SMARTS) is 1. The maximum atomic E-state index is 13.6. The fourth-order valence-corrected chi connectivity index (χ4v) is 3.58. The van der Waals surface area contributed by atoms with E-state index in [-0.39, 0.29) is 12.2 Å². The molecule has 31 heavy (non-hydrogen) atoms. The molecule has 0 atom stereocenters. The Labute approximate surface area is 187 Å². The first kappa shape index (κ1) is 22.6. The van der Waals surface area contributed by atoms with Crippen LogP contribution in [0.25, 0.3) is 11.1 Å². The summed E-state index contributed by atoms with van der Waals surface area (Å²) in [5.41, 5.74) is 2.41. The van der Waals surface area contributed by atoms with Crippen molar-refractivity contribution in [2.75, 3.05) is 13.7 Å². The molecule has 0 amide bonds. The lowest BCUT2D eigenvalue weighted by atomic mass is 9.97. The van der Waals surface area contributed by atoms with Gasteiger partial charge in [-0.3, -0.25) is 0 Å². The topological polar surface area (TPSA) is 72.8 Å². The number of halogens is 3. The molecule has 0 aliphatic carbocycles. The maximum Gasteiger partial charge on any atom is 0.343 e. The summed E-state index contributed by atoms with van der Waals surface area (Å²) in [4.78, 5) is 22.6. The van der Waals surface area contributed by atoms with Crippen LogP contribution in [0.4, 0.5) is 4.39 Å². The third-order valence-corrected chi connectivity index (χ3v) is 5.23. The van der Waals surface area contributed by atoms with Crippen molar-refractivity contribution in [1.82, 2.24) is 0 Å². The van der Waals surface area contributed by atoms with Crippen LogP contribution in [0.15, 0.2) is 54.6 Å². The molecule has 160 valence electrons. The number of carbonyl (C=O) groups excluding carboxylic acids is 1. The molecule has 1 N–H and O–H groups in total. The molecule has 0 saturated carbocycles. The molecule has 3 aromatic carbocycles. The Morgan fingerprint density at radius 3 is 2.23 bits per heavy atom. The lowest BCUT2D eigenvalue weighted by Gasteiger charge is -2.12. The van der Waals surface area contributed by atoms with Crippen LogP contribution in [0.5, 0.6) is 5.75 Å². The summed E-state index contributed by atoms with van der Waals surface area (Å²) < 4.78 is 23.5. The quantitative estimate of drug-likeness (QED) is 0.459. The van der Waals surface area contributed by atoms with Crippen molar-refractivity contribution >= 4 is 35.1 Å². The van der Waals surface area contributed by atoms with Crippen LogP contribution in [0, 0.1) is 5.82 Å². The molecule has 0 bridgehead atoms. The van der Waals surface area contributed by atoms with E-state index in [1.165, 1.54) is 19.2 Å². The molecular formula is C23H17Cl2FO5. The molecule has 0 unspecified atom stereocenters. The molecule has 3 rings (SSSR count). The van der Waals surface area contributed by atoms with Crippen LogP contribution < -0.4 is 4.74 Å². The zero-order valence-corrected chi connectivity index (χ0v) is 17.8. The molecule has 0 radical (unpaired) electrons. The van der Waals surface area contributed by atoms with E-state index < -0.39 is 17.8 Å². The van der Waals surface area contributed by atoms with Gasteiger partial charge in [0.05, 0.1) is 12.7 Å². The predicted octanol–water partition coefficient (Wildman–Crippen LogP) is 5.64. The Bertz CT molecular complexity index is 1110. The number of hydrogen-bond donors (Lipinski definition) is 1. The third kappa shape index (κ3) is 5.54. The number of methoxy groups -OCH3 is 1. The first-order valence-electron chi connectivity index (χ1n) is 9.08. The van der Waals surface area contributed by atoms with Crippen LogP contribution >= 0.6 is 23.2 Å². The lowest BCUT2D eigenvalue weighted by Crippen LogP contribution is -2.12. The first-order chi connectivity index (χ1) is 14.8. The summed E-state index contributed by atoms with van der Waals surface area (Å²) in [6.45, 7) is -0.262. The summed E-state index contributed by atoms with van der Waals surface area (Å²) in [7, 11) is 1.26. The Morgan fingerprint density at radius 1 is 1.00 bits per heavy atom. The Kier molecular flexibility index (Phi) is 7.15. The van der Waals surface area contributed by atoms with E-state index in [1.54, 1.807) is 36.4 Å². The van der Waals surface area contributed by atoms with E-state index in [4.69, 9.17) is 27.9 Å². The van der Waals surface area contributed by atoms with Crippen molar-refractivity contribution in [3.63, 3.8) is 0 Å². The molecular weight excluding hydrogens is 446 g/mol. The molecule has 0 heterocycles. The molecule has 3 aromatic rings. The van der Waals surface area contributed by atoms with E-state index in [2.05, 4.69) is 4.74 Å². The second kappa shape index (κ2) is 9.81. The molecule has 0 saturated heterocycles. The number of esters is 1. The van der Waals surface area contributed by atoms with Crippen molar-refractivity contribution in [3.8, 4) is 16.9 Å². The predicted molar refractivity (Wildman–Crippen MR) is 116 cm³/mol. The summed E-state index contributed by atoms with van der Waals surface area (Å²) in [6, 6.07) is 13.7. The van der Waals surface area contributed by atoms with Crippen molar-refractivity contribution in [3.05, 3.63) is 87.2 Å². The molecule has 0 fully saturated rings. The van der Waals surface area contributed by atoms with Gasteiger partial charge >= 0.3 is 11.9 Å². The van der Waals surface area contributed by atoms with Gasteiger partial charge in [-0.05, 0) is 52.6 Å². The summed E-state index contributed by atoms with van der Waals surface area (Å²) in [5, 5.41) is 10.1. The Morgan fingerprint density at radius 2 is 1.65 bits per heavy atom. The molecule has 5 nitrogen and oxygen atoms in total. The fraction of sp³-hybridized carbons (Fsp3) is 0.130. The monoisotopic (exact) mass is 462 g/mol. The molecule has 0 aliphatic rings. The van der Waals surface area contributed by atoms with Gasteiger partial charge in [0.1, 0.15) is 11.6 Å². The van der Waals surface area contributed by atoms with Crippen molar-refractivity contribution in [2.45, 2.75) is 6.42 Å². The molecule has 8 heteroatoms. The molecule has 0 aliphatic heterocycles. The van der Waals surface area contributed by atoms with Gasteiger partial charge in [-0.2, -0.15) is 0 Å². The van der Waals surface area contributed by atoms with Crippen molar-refractivity contribution in [1.29, 1.82) is 0 Å². The van der Waals surface area contributed by atoms with Gasteiger partial charge in [0.15, 0.2) is 6.61 Å². The third-order valence-electron chi connectivity index (χ3n) is 4.56. The van der Waals surface area contributed by atoms with Crippen molar-refractivity contribution < 1.29 is 28.6 Å². The van der Waals surface area contributed by atoms with Crippen LogP contribution in [-0.2, 0) is 16.0 Å². The second-order valence-corrected chi connectivity index (χ2v) is 7.41. The highest BCUT2D eigenvalue weighted by molar-refractivity contribution is 6.36. The Hall–Kier alpha value is -3.09. The number of ether oxygens (including phenoxy) is 2. The number of rotatable bonds is 7. The average Bonchev–Trinajstić information content (AvgIpc) is 2.74. The van der Waals surface area contributed by atoms with Crippen molar-refractivity contribution in [2.24, 2.45) is 0 Å². The zero-order chi connectivity index (χ0) is 22.5. The minimum atomic E-state index is -1.13. The summed E-state index contributed by atoms with van der Waals surface area (Å²) in [6.07, 6.45) is 0.407. The molecule has 0 spiro atoms. The largest absolute Gasteiger partial charge is 0.482 e. The van der Waals surface area contributed by atoms with Gasteiger partial charge in [-0.15, -0.1) is 0 Å². The van der Waals surface area contributed by atoms with Crippen LogP contribution in [0.2, 0.25) is 10.0 Å². The van der Waals surface area contributed by atoms with E-state index in [0.717, 1.165) is 11.6 Å². The lowest BCUT2D eigenvalue weighted by molar-refractivity contribution is -0.142. The maximum absolute atomic E-state index is 13.6. The SMILES string of the molecule is COC(=O)COc1cc(Cl)c(Cc2ccc(-c3cc(F)ccc3C(=O)O)cc2)c(Cl)c1. The van der Waals surface area contributed by atoms with E-state index in [0.29, 0.717) is 38.9 Å². The first-order valence-corrected chi connectivity index (χ1v) is 9.83. The number of hydrogen-bond acceptors (Lipinski definition) is 4. The standard InChI is InChI=1S/C23H17Cl2FO5/c1-30-22(27)12-31-16-10-20(24)19(21(25)11-16)8-13-2-4-14(5-3-13)18-9-15(26)6-7-17(18)23(28)29/h2-7,9-11H,8,12H2,1H3,(H,28,29). The van der Waals surface area contributed by atoms with Crippen LogP contribution in [0.3, 0.4) is 0 Å². The van der Waals surface area contributed by atoms with Gasteiger partial charge < -0.3 is 14.6 Å². The highest BCUT2D eigenvalue weighted by atomic mass is 35.5.